The maximum Gasteiger partial charge on any atom is 0.325 e. The number of carbonyl (C=O) groups excluding carboxylic acids is 2. The second-order valence-corrected chi connectivity index (χ2v) is 7.10. The Hall–Kier alpha value is -1.92. The summed E-state index contributed by atoms with van der Waals surface area (Å²) in [4.78, 5) is 25.5. The van der Waals surface area contributed by atoms with Crippen LogP contribution >= 0.6 is 0 Å². The van der Waals surface area contributed by atoms with Crippen LogP contribution in [0.15, 0.2) is 24.3 Å². The van der Waals surface area contributed by atoms with Crippen LogP contribution in [0.5, 0.6) is 0 Å². The third-order valence-electron chi connectivity index (χ3n) is 5.25. The minimum Gasteiger partial charge on any atom is -0.389 e. The molecule has 0 spiro atoms. The standard InChI is InChI=1S/C19H26N2O4/c1-3-19(2)17(23)21(18(24)20-19)11-14(22)12-25-16-10-6-8-13-7-4-5-9-15(13)16/h4-5,7,9,14,16,22H,3,6,8,10-12H2,1-2H3,(H,20,24)/t14-,16-,19-/m0/s1. The van der Waals surface area contributed by atoms with Crippen molar-refractivity contribution in [3.05, 3.63) is 35.4 Å². The number of aliphatic hydroxyl groups excluding tert-OH is 1. The van der Waals surface area contributed by atoms with Gasteiger partial charge in [0.05, 0.1) is 25.4 Å². The van der Waals surface area contributed by atoms with E-state index in [9.17, 15) is 14.7 Å². The smallest absolute Gasteiger partial charge is 0.325 e. The molecule has 25 heavy (non-hydrogen) atoms. The maximum absolute atomic E-state index is 12.4. The molecule has 0 radical (unpaired) electrons. The molecule has 0 bridgehead atoms. The highest BCUT2D eigenvalue weighted by atomic mass is 16.5. The highest BCUT2D eigenvalue weighted by Gasteiger charge is 2.46. The van der Waals surface area contributed by atoms with E-state index in [2.05, 4.69) is 17.4 Å². The SMILES string of the molecule is CC[C@]1(C)NC(=O)N(C[C@H](O)CO[C@H]2CCCc3ccccc32)C1=O. The Balaban J connectivity index is 1.57. The van der Waals surface area contributed by atoms with Gasteiger partial charge in [-0.25, -0.2) is 4.79 Å². The molecule has 1 fully saturated rings. The lowest BCUT2D eigenvalue weighted by Gasteiger charge is -2.27. The van der Waals surface area contributed by atoms with E-state index in [1.165, 1.54) is 11.1 Å². The van der Waals surface area contributed by atoms with E-state index in [0.717, 1.165) is 24.2 Å². The Labute approximate surface area is 148 Å². The third-order valence-corrected chi connectivity index (χ3v) is 5.25. The van der Waals surface area contributed by atoms with Crippen molar-refractivity contribution in [2.45, 2.75) is 57.3 Å². The van der Waals surface area contributed by atoms with Crippen LogP contribution in [0.4, 0.5) is 4.79 Å². The second-order valence-electron chi connectivity index (χ2n) is 7.10. The van der Waals surface area contributed by atoms with Crippen molar-refractivity contribution in [1.82, 2.24) is 10.2 Å². The van der Waals surface area contributed by atoms with Crippen molar-refractivity contribution in [2.75, 3.05) is 13.2 Å². The summed E-state index contributed by atoms with van der Waals surface area (Å²) in [5.74, 6) is -0.290. The van der Waals surface area contributed by atoms with Gasteiger partial charge in [0.15, 0.2) is 0 Å². The van der Waals surface area contributed by atoms with E-state index in [1.807, 2.05) is 19.1 Å². The molecule has 1 saturated heterocycles. The fourth-order valence-electron chi connectivity index (χ4n) is 3.53. The van der Waals surface area contributed by atoms with E-state index in [-0.39, 0.29) is 25.2 Å². The fourth-order valence-corrected chi connectivity index (χ4v) is 3.53. The molecule has 1 aromatic carbocycles. The highest BCUT2D eigenvalue weighted by Crippen LogP contribution is 2.32. The van der Waals surface area contributed by atoms with Crippen molar-refractivity contribution in [2.24, 2.45) is 0 Å². The number of benzene rings is 1. The van der Waals surface area contributed by atoms with Crippen LogP contribution in [-0.2, 0) is 16.0 Å². The van der Waals surface area contributed by atoms with Crippen molar-refractivity contribution in [3.8, 4) is 0 Å². The first-order valence-corrected chi connectivity index (χ1v) is 8.96. The van der Waals surface area contributed by atoms with Crippen molar-refractivity contribution in [1.29, 1.82) is 0 Å². The average Bonchev–Trinajstić information content (AvgIpc) is 2.83. The molecule has 2 aliphatic rings. The Morgan fingerprint density at radius 2 is 2.16 bits per heavy atom. The second kappa shape index (κ2) is 7.14. The van der Waals surface area contributed by atoms with Gasteiger partial charge in [0.2, 0.25) is 0 Å². The van der Waals surface area contributed by atoms with E-state index in [0.29, 0.717) is 6.42 Å². The van der Waals surface area contributed by atoms with Gasteiger partial charge in [-0.15, -0.1) is 0 Å². The van der Waals surface area contributed by atoms with Crippen LogP contribution in [-0.4, -0.2) is 46.7 Å². The molecule has 2 N–H and O–H groups in total. The van der Waals surface area contributed by atoms with Gasteiger partial charge in [0.25, 0.3) is 5.91 Å². The first-order valence-electron chi connectivity index (χ1n) is 8.96. The van der Waals surface area contributed by atoms with Crippen molar-refractivity contribution < 1.29 is 19.4 Å². The number of rotatable bonds is 6. The molecule has 6 heteroatoms. The third kappa shape index (κ3) is 3.55. The lowest BCUT2D eigenvalue weighted by atomic mass is 9.89. The number of amides is 3. The van der Waals surface area contributed by atoms with E-state index < -0.39 is 17.7 Å². The number of hydrogen-bond donors (Lipinski definition) is 2. The zero-order chi connectivity index (χ0) is 18.0. The quantitative estimate of drug-likeness (QED) is 0.774. The summed E-state index contributed by atoms with van der Waals surface area (Å²) >= 11 is 0. The highest BCUT2D eigenvalue weighted by molar-refractivity contribution is 6.06. The Morgan fingerprint density at radius 3 is 2.88 bits per heavy atom. The van der Waals surface area contributed by atoms with E-state index >= 15 is 0 Å². The minimum absolute atomic E-state index is 0.0383. The number of aryl methyl sites for hydroxylation is 1. The average molecular weight is 346 g/mol. The normalized spacial score (nSPS) is 27.2. The molecular formula is C19H26N2O4. The van der Waals surface area contributed by atoms with Gasteiger partial charge in [0, 0.05) is 0 Å². The molecule has 1 aliphatic heterocycles. The Morgan fingerprint density at radius 1 is 1.40 bits per heavy atom. The van der Waals surface area contributed by atoms with Gasteiger partial charge < -0.3 is 15.2 Å². The summed E-state index contributed by atoms with van der Waals surface area (Å²) in [6.45, 7) is 3.60. The summed E-state index contributed by atoms with van der Waals surface area (Å²) in [6, 6.07) is 7.75. The van der Waals surface area contributed by atoms with E-state index in [4.69, 9.17) is 4.74 Å². The lowest BCUT2D eigenvalue weighted by molar-refractivity contribution is -0.132. The largest absolute Gasteiger partial charge is 0.389 e. The van der Waals surface area contributed by atoms with Gasteiger partial charge in [-0.2, -0.15) is 0 Å². The fraction of sp³-hybridized carbons (Fsp3) is 0.579. The van der Waals surface area contributed by atoms with Gasteiger partial charge in [-0.1, -0.05) is 31.2 Å². The maximum atomic E-state index is 12.4. The van der Waals surface area contributed by atoms with Crippen LogP contribution in [0.2, 0.25) is 0 Å². The van der Waals surface area contributed by atoms with Crippen LogP contribution in [0.3, 0.4) is 0 Å². The number of β-amino-alcohol motifs (C(OH)–C–C–N with tert-alkyl or cyclic N) is 1. The molecule has 6 nitrogen and oxygen atoms in total. The minimum atomic E-state index is -0.900. The van der Waals surface area contributed by atoms with Crippen LogP contribution < -0.4 is 5.32 Å². The topological polar surface area (TPSA) is 78.9 Å². The number of fused-ring (bicyclic) bond motifs is 1. The number of hydrogen-bond acceptors (Lipinski definition) is 4. The Kier molecular flexibility index (Phi) is 5.11. The number of nitrogens with zero attached hydrogens (tertiary/aromatic N) is 1. The number of imide groups is 1. The predicted octanol–water partition coefficient (Wildman–Crippen LogP) is 2.16. The van der Waals surface area contributed by atoms with Gasteiger partial charge in [-0.05, 0) is 43.7 Å². The lowest BCUT2D eigenvalue weighted by Crippen LogP contribution is -2.44. The Bertz CT molecular complexity index is 663. The molecule has 1 aromatic rings. The summed E-state index contributed by atoms with van der Waals surface area (Å²) in [5.41, 5.74) is 1.59. The summed E-state index contributed by atoms with van der Waals surface area (Å²) < 4.78 is 5.91. The summed E-state index contributed by atoms with van der Waals surface area (Å²) in [6.07, 6.45) is 2.60. The first-order chi connectivity index (χ1) is 11.9. The molecule has 136 valence electrons. The van der Waals surface area contributed by atoms with Crippen LogP contribution in [0, 0.1) is 0 Å². The van der Waals surface area contributed by atoms with Gasteiger partial charge in [0.1, 0.15) is 5.54 Å². The summed E-state index contributed by atoms with van der Waals surface area (Å²) in [5, 5.41) is 13.0. The number of urea groups is 1. The molecule has 0 saturated carbocycles. The molecule has 3 rings (SSSR count). The molecule has 0 aromatic heterocycles. The van der Waals surface area contributed by atoms with Crippen LogP contribution in [0.25, 0.3) is 0 Å². The van der Waals surface area contributed by atoms with Crippen molar-refractivity contribution >= 4 is 11.9 Å². The molecule has 3 amide bonds. The number of nitrogens with one attached hydrogen (secondary N) is 1. The molecule has 1 heterocycles. The van der Waals surface area contributed by atoms with Gasteiger partial charge >= 0.3 is 6.03 Å². The van der Waals surface area contributed by atoms with Crippen molar-refractivity contribution in [3.63, 3.8) is 0 Å². The number of aliphatic hydroxyl groups is 1. The molecule has 0 unspecified atom stereocenters. The molecular weight excluding hydrogens is 320 g/mol. The monoisotopic (exact) mass is 346 g/mol. The zero-order valence-corrected chi connectivity index (χ0v) is 14.8. The van der Waals surface area contributed by atoms with E-state index in [1.54, 1.807) is 6.92 Å². The number of carbonyl (C=O) groups is 2. The van der Waals surface area contributed by atoms with Crippen LogP contribution in [0.1, 0.15) is 50.3 Å². The molecule has 3 atom stereocenters. The summed E-state index contributed by atoms with van der Waals surface area (Å²) in [7, 11) is 0. The molecule has 1 aliphatic carbocycles. The number of ether oxygens (including phenoxy) is 1. The van der Waals surface area contributed by atoms with Gasteiger partial charge in [-0.3, -0.25) is 9.69 Å². The first kappa shape index (κ1) is 17.9. The zero-order valence-electron chi connectivity index (χ0n) is 14.8. The predicted molar refractivity (Wildman–Crippen MR) is 93.0 cm³/mol.